The van der Waals surface area contributed by atoms with Crippen LogP contribution in [0.5, 0.6) is 0 Å². The highest BCUT2D eigenvalue weighted by atomic mass is 32.2. The first kappa shape index (κ1) is 20.0. The maximum absolute atomic E-state index is 12.1. The monoisotopic (exact) mass is 386 g/mol. The minimum Gasteiger partial charge on any atom is -0.362 e. The standard InChI is InChI=1S/C16H26N4O3S2/c21-25(22,20-12-4-5-13-23-20)14-6-2-1-3-9-18-16(24)19-15-7-10-17-11-8-15/h7-8,10-11H,1-6,9,12-14H2,(H2,17,18,19,24). The molecule has 25 heavy (non-hydrogen) atoms. The Balaban J connectivity index is 1.51. The van der Waals surface area contributed by atoms with Crippen LogP contribution >= 0.6 is 12.2 Å². The van der Waals surface area contributed by atoms with E-state index in [-0.39, 0.29) is 5.75 Å². The van der Waals surface area contributed by atoms with E-state index < -0.39 is 10.0 Å². The molecule has 0 unspecified atom stereocenters. The van der Waals surface area contributed by atoms with Gasteiger partial charge < -0.3 is 10.6 Å². The van der Waals surface area contributed by atoms with Crippen molar-refractivity contribution < 1.29 is 13.3 Å². The number of anilines is 1. The van der Waals surface area contributed by atoms with Gasteiger partial charge >= 0.3 is 0 Å². The van der Waals surface area contributed by atoms with Crippen molar-refractivity contribution in [2.24, 2.45) is 0 Å². The van der Waals surface area contributed by atoms with Gasteiger partial charge in [-0.05, 0) is 50.0 Å². The third-order valence-corrected chi connectivity index (χ3v) is 5.79. The molecule has 0 aromatic carbocycles. The summed E-state index contributed by atoms with van der Waals surface area (Å²) in [4.78, 5) is 9.17. The summed E-state index contributed by atoms with van der Waals surface area (Å²) in [6, 6.07) is 3.70. The molecule has 0 atom stereocenters. The van der Waals surface area contributed by atoms with E-state index in [1.165, 1.54) is 4.47 Å². The summed E-state index contributed by atoms with van der Waals surface area (Å²) in [5.74, 6) is 0.155. The molecule has 1 fully saturated rings. The number of thiocarbonyl (C=S) groups is 1. The fourth-order valence-electron chi connectivity index (χ4n) is 2.47. The average Bonchev–Trinajstić information content (AvgIpc) is 2.62. The van der Waals surface area contributed by atoms with E-state index in [0.717, 1.165) is 44.3 Å². The van der Waals surface area contributed by atoms with Crippen molar-refractivity contribution in [1.82, 2.24) is 14.8 Å². The van der Waals surface area contributed by atoms with Gasteiger partial charge in [-0.15, -0.1) is 0 Å². The second-order valence-corrected chi connectivity index (χ2v) is 8.30. The Kier molecular flexibility index (Phi) is 8.53. The van der Waals surface area contributed by atoms with Gasteiger partial charge in [-0.1, -0.05) is 17.3 Å². The van der Waals surface area contributed by atoms with Crippen molar-refractivity contribution in [3.8, 4) is 0 Å². The van der Waals surface area contributed by atoms with Crippen molar-refractivity contribution in [3.05, 3.63) is 24.5 Å². The van der Waals surface area contributed by atoms with E-state index in [1.807, 2.05) is 12.1 Å². The molecular weight excluding hydrogens is 360 g/mol. The Morgan fingerprint density at radius 2 is 1.96 bits per heavy atom. The number of sulfonamides is 1. The number of unbranched alkanes of at least 4 members (excludes halogenated alkanes) is 3. The zero-order valence-electron chi connectivity index (χ0n) is 14.3. The second kappa shape index (κ2) is 10.6. The van der Waals surface area contributed by atoms with Crippen molar-refractivity contribution in [2.75, 3.05) is 30.8 Å². The summed E-state index contributed by atoms with van der Waals surface area (Å²) < 4.78 is 25.4. The first-order chi connectivity index (χ1) is 12.1. The summed E-state index contributed by atoms with van der Waals surface area (Å²) in [5, 5.41) is 6.80. The zero-order valence-corrected chi connectivity index (χ0v) is 15.9. The lowest BCUT2D eigenvalue weighted by Gasteiger charge is -2.25. The van der Waals surface area contributed by atoms with Crippen LogP contribution in [-0.4, -0.2) is 48.4 Å². The van der Waals surface area contributed by atoms with Crippen molar-refractivity contribution >= 4 is 33.0 Å². The maximum atomic E-state index is 12.1. The minimum atomic E-state index is -3.26. The van der Waals surface area contributed by atoms with Crippen LogP contribution in [0.1, 0.15) is 38.5 Å². The topological polar surface area (TPSA) is 83.6 Å². The van der Waals surface area contributed by atoms with Gasteiger partial charge in [0.25, 0.3) is 0 Å². The summed E-state index contributed by atoms with van der Waals surface area (Å²) in [6.45, 7) is 1.74. The number of nitrogens with zero attached hydrogens (tertiary/aromatic N) is 2. The average molecular weight is 387 g/mol. The van der Waals surface area contributed by atoms with Gasteiger partial charge in [0.15, 0.2) is 5.11 Å². The highest BCUT2D eigenvalue weighted by molar-refractivity contribution is 7.88. The predicted octanol–water partition coefficient (Wildman–Crippen LogP) is 2.29. The fraction of sp³-hybridized carbons (Fsp3) is 0.625. The lowest BCUT2D eigenvalue weighted by Crippen LogP contribution is -2.37. The van der Waals surface area contributed by atoms with E-state index in [4.69, 9.17) is 17.1 Å². The minimum absolute atomic E-state index is 0.155. The van der Waals surface area contributed by atoms with Crippen molar-refractivity contribution in [3.63, 3.8) is 0 Å². The van der Waals surface area contributed by atoms with Crippen LogP contribution in [0.25, 0.3) is 0 Å². The molecule has 140 valence electrons. The van der Waals surface area contributed by atoms with E-state index in [9.17, 15) is 8.42 Å². The summed E-state index contributed by atoms with van der Waals surface area (Å²) >= 11 is 5.22. The molecule has 2 heterocycles. The first-order valence-electron chi connectivity index (χ1n) is 8.66. The molecule has 9 heteroatoms. The normalized spacial score (nSPS) is 15.7. The number of pyridine rings is 1. The molecule has 0 bridgehead atoms. The zero-order chi connectivity index (χ0) is 18.0. The lowest BCUT2D eigenvalue weighted by molar-refractivity contribution is -0.108. The van der Waals surface area contributed by atoms with Gasteiger partial charge in [-0.25, -0.2) is 8.42 Å². The molecule has 1 aromatic rings. The molecular formula is C16H26N4O3S2. The van der Waals surface area contributed by atoms with Crippen molar-refractivity contribution in [2.45, 2.75) is 38.5 Å². The third-order valence-electron chi connectivity index (χ3n) is 3.83. The maximum Gasteiger partial charge on any atom is 0.236 e. The predicted molar refractivity (Wildman–Crippen MR) is 103 cm³/mol. The van der Waals surface area contributed by atoms with E-state index in [2.05, 4.69) is 15.6 Å². The van der Waals surface area contributed by atoms with E-state index >= 15 is 0 Å². The second-order valence-electron chi connectivity index (χ2n) is 5.91. The molecule has 1 aliphatic heterocycles. The molecule has 2 N–H and O–H groups in total. The van der Waals surface area contributed by atoms with E-state index in [1.54, 1.807) is 12.4 Å². The largest absolute Gasteiger partial charge is 0.362 e. The third kappa shape index (κ3) is 7.64. The Hall–Kier alpha value is -1.29. The Bertz CT molecular complexity index is 620. The summed E-state index contributed by atoms with van der Waals surface area (Å²) in [6.07, 6.45) is 8.64. The molecule has 0 aliphatic carbocycles. The van der Waals surface area contributed by atoms with Crippen LogP contribution < -0.4 is 10.6 Å². The number of hydrogen-bond donors (Lipinski definition) is 2. The Morgan fingerprint density at radius 3 is 2.68 bits per heavy atom. The van der Waals surface area contributed by atoms with Gasteiger partial charge in [0.2, 0.25) is 10.0 Å². The Labute approximate surface area is 155 Å². The van der Waals surface area contributed by atoms with Crippen molar-refractivity contribution in [1.29, 1.82) is 0 Å². The van der Waals surface area contributed by atoms with Crippen LogP contribution in [0.15, 0.2) is 24.5 Å². The van der Waals surface area contributed by atoms with Crippen LogP contribution in [0.3, 0.4) is 0 Å². The highest BCUT2D eigenvalue weighted by Crippen LogP contribution is 2.13. The molecule has 0 radical (unpaired) electrons. The van der Waals surface area contributed by atoms with Gasteiger partial charge in [-0.3, -0.25) is 9.82 Å². The number of aromatic nitrogens is 1. The number of hydrogen-bond acceptors (Lipinski definition) is 5. The molecule has 0 amide bonds. The number of hydroxylamine groups is 1. The van der Waals surface area contributed by atoms with Gasteiger partial charge in [0.1, 0.15) is 0 Å². The van der Waals surface area contributed by atoms with Gasteiger partial charge in [-0.2, -0.15) is 0 Å². The van der Waals surface area contributed by atoms with Crippen LogP contribution in [-0.2, 0) is 14.9 Å². The van der Waals surface area contributed by atoms with Gasteiger partial charge in [0.05, 0.1) is 12.4 Å². The number of nitrogens with one attached hydrogen (secondary N) is 2. The summed E-state index contributed by atoms with van der Waals surface area (Å²) in [7, 11) is -3.26. The molecule has 1 aliphatic rings. The lowest BCUT2D eigenvalue weighted by atomic mass is 10.2. The molecule has 1 aromatic heterocycles. The quantitative estimate of drug-likeness (QED) is 0.498. The molecule has 0 spiro atoms. The van der Waals surface area contributed by atoms with E-state index in [0.29, 0.717) is 24.7 Å². The van der Waals surface area contributed by atoms with Crippen LogP contribution in [0.2, 0.25) is 0 Å². The van der Waals surface area contributed by atoms with Crippen LogP contribution in [0.4, 0.5) is 5.69 Å². The Morgan fingerprint density at radius 1 is 1.20 bits per heavy atom. The SMILES string of the molecule is O=S(=O)(CCCCCCNC(=S)Nc1ccncc1)N1CCCCO1. The fourth-order valence-corrected chi connectivity index (χ4v) is 4.11. The first-order valence-corrected chi connectivity index (χ1v) is 10.7. The molecule has 1 saturated heterocycles. The smallest absolute Gasteiger partial charge is 0.236 e. The van der Waals surface area contributed by atoms with Crippen LogP contribution in [0, 0.1) is 0 Å². The molecule has 7 nitrogen and oxygen atoms in total. The molecule has 0 saturated carbocycles. The highest BCUT2D eigenvalue weighted by Gasteiger charge is 2.24. The number of rotatable bonds is 9. The summed E-state index contributed by atoms with van der Waals surface area (Å²) in [5.41, 5.74) is 0.901. The molecule has 2 rings (SSSR count). The van der Waals surface area contributed by atoms with Gasteiger partial charge in [0, 0.05) is 31.2 Å².